The fraction of sp³-hybridized carbons (Fsp3) is 0.118. The van der Waals surface area contributed by atoms with E-state index >= 15 is 0 Å². The van der Waals surface area contributed by atoms with Crippen LogP contribution in [0, 0.1) is 10.1 Å². The molecule has 0 heterocycles. The summed E-state index contributed by atoms with van der Waals surface area (Å²) < 4.78 is 10.3. The number of nitrogens with one attached hydrogen (secondary N) is 1. The maximum atomic E-state index is 12.1. The predicted molar refractivity (Wildman–Crippen MR) is 89.7 cm³/mol. The first-order valence-electron chi connectivity index (χ1n) is 6.99. The number of nitrogens with zero attached hydrogens (tertiary/aromatic N) is 1. The van der Waals surface area contributed by atoms with Gasteiger partial charge >= 0.3 is 0 Å². The highest BCUT2D eigenvalue weighted by molar-refractivity contribution is 6.05. The van der Waals surface area contributed by atoms with Gasteiger partial charge in [0.15, 0.2) is 17.3 Å². The Morgan fingerprint density at radius 3 is 2.54 bits per heavy atom. The lowest BCUT2D eigenvalue weighted by Gasteiger charge is -2.08. The van der Waals surface area contributed by atoms with Crippen molar-refractivity contribution < 1.29 is 19.2 Å². The Balaban J connectivity index is 2.08. The van der Waals surface area contributed by atoms with E-state index < -0.39 is 4.92 Å². The summed E-state index contributed by atoms with van der Waals surface area (Å²) in [6.45, 7) is 0. The third-order valence-electron chi connectivity index (χ3n) is 3.21. The van der Waals surface area contributed by atoms with Crippen molar-refractivity contribution in [2.24, 2.45) is 0 Å². The largest absolute Gasteiger partial charge is 0.493 e. The molecule has 0 aliphatic carbocycles. The number of nitro benzene ring substituents is 1. The van der Waals surface area contributed by atoms with Crippen LogP contribution in [0.3, 0.4) is 0 Å². The summed E-state index contributed by atoms with van der Waals surface area (Å²) in [5, 5.41) is 13.5. The van der Waals surface area contributed by atoms with E-state index in [4.69, 9.17) is 9.47 Å². The maximum Gasteiger partial charge on any atom is 0.271 e. The third-order valence-corrected chi connectivity index (χ3v) is 3.21. The molecule has 124 valence electrons. The topological polar surface area (TPSA) is 90.7 Å². The Bertz CT molecular complexity index is 786. The normalized spacial score (nSPS) is 10.4. The van der Waals surface area contributed by atoms with Crippen molar-refractivity contribution in [3.05, 3.63) is 70.4 Å². The zero-order chi connectivity index (χ0) is 17.5. The van der Waals surface area contributed by atoms with E-state index in [1.807, 2.05) is 0 Å². The number of rotatable bonds is 7. The van der Waals surface area contributed by atoms with Crippen LogP contribution in [0.15, 0.2) is 54.7 Å². The summed E-state index contributed by atoms with van der Waals surface area (Å²) in [4.78, 5) is 22.4. The van der Waals surface area contributed by atoms with E-state index in [2.05, 4.69) is 5.32 Å². The molecule has 7 nitrogen and oxygen atoms in total. The number of carbonyl (C=O) groups is 1. The van der Waals surface area contributed by atoms with Crippen LogP contribution in [0.4, 0.5) is 11.4 Å². The first-order valence-corrected chi connectivity index (χ1v) is 6.99. The number of benzene rings is 2. The van der Waals surface area contributed by atoms with Crippen molar-refractivity contribution in [3.8, 4) is 11.5 Å². The number of nitro groups is 1. The molecule has 0 bridgehead atoms. The van der Waals surface area contributed by atoms with Crippen LogP contribution in [0.25, 0.3) is 0 Å². The molecule has 0 saturated heterocycles. The van der Waals surface area contributed by atoms with Crippen molar-refractivity contribution in [2.45, 2.75) is 0 Å². The third kappa shape index (κ3) is 4.10. The van der Waals surface area contributed by atoms with Crippen molar-refractivity contribution in [2.75, 3.05) is 19.5 Å². The number of hydrogen-bond donors (Lipinski definition) is 1. The Morgan fingerprint density at radius 2 is 1.88 bits per heavy atom. The monoisotopic (exact) mass is 328 g/mol. The van der Waals surface area contributed by atoms with Crippen LogP contribution in [0.5, 0.6) is 11.5 Å². The van der Waals surface area contributed by atoms with Gasteiger partial charge in [-0.25, -0.2) is 0 Å². The summed E-state index contributed by atoms with van der Waals surface area (Å²) in [5.74, 6) is 0.755. The van der Waals surface area contributed by atoms with Crippen molar-refractivity contribution in [3.63, 3.8) is 0 Å². The van der Waals surface area contributed by atoms with Gasteiger partial charge < -0.3 is 14.8 Å². The van der Waals surface area contributed by atoms with Gasteiger partial charge in [-0.15, -0.1) is 0 Å². The molecule has 0 saturated carbocycles. The van der Waals surface area contributed by atoms with E-state index in [9.17, 15) is 14.9 Å². The molecule has 0 aliphatic rings. The smallest absolute Gasteiger partial charge is 0.271 e. The Morgan fingerprint density at radius 1 is 1.12 bits per heavy atom. The number of carbonyl (C=O) groups excluding carboxylic acids is 1. The number of anilines is 1. The first kappa shape index (κ1) is 17.0. The molecule has 0 radical (unpaired) electrons. The molecule has 1 N–H and O–H groups in total. The second-order valence-corrected chi connectivity index (χ2v) is 4.72. The quantitative estimate of drug-likeness (QED) is 0.362. The summed E-state index contributed by atoms with van der Waals surface area (Å²) in [6, 6.07) is 10.9. The highest BCUT2D eigenvalue weighted by Gasteiger charge is 2.09. The second kappa shape index (κ2) is 7.77. The summed E-state index contributed by atoms with van der Waals surface area (Å²) in [7, 11) is 3.01. The van der Waals surface area contributed by atoms with Gasteiger partial charge in [0.1, 0.15) is 0 Å². The lowest BCUT2D eigenvalue weighted by molar-refractivity contribution is -0.384. The van der Waals surface area contributed by atoms with Crippen LogP contribution in [0.1, 0.15) is 10.4 Å². The van der Waals surface area contributed by atoms with Crippen LogP contribution in [0.2, 0.25) is 0 Å². The number of ether oxygens (including phenoxy) is 2. The number of ketones is 1. The highest BCUT2D eigenvalue weighted by Crippen LogP contribution is 2.27. The summed E-state index contributed by atoms with van der Waals surface area (Å²) in [6.07, 6.45) is 2.76. The van der Waals surface area contributed by atoms with Crippen LogP contribution >= 0.6 is 0 Å². The fourth-order valence-electron chi connectivity index (χ4n) is 2.01. The van der Waals surface area contributed by atoms with Gasteiger partial charge in [-0.05, 0) is 24.3 Å². The molecule has 0 amide bonds. The number of hydrogen-bond acceptors (Lipinski definition) is 6. The molecule has 0 spiro atoms. The SMILES string of the molecule is COc1ccc(C(=O)/C=C\Nc2cccc([N+](=O)[O-])c2)cc1OC. The molecule has 2 aromatic carbocycles. The minimum absolute atomic E-state index is 0.0281. The average molecular weight is 328 g/mol. The molecule has 0 atom stereocenters. The van der Waals surface area contributed by atoms with E-state index in [0.717, 1.165) is 0 Å². The molecule has 0 unspecified atom stereocenters. The molecule has 0 aliphatic heterocycles. The highest BCUT2D eigenvalue weighted by atomic mass is 16.6. The lowest BCUT2D eigenvalue weighted by atomic mass is 10.1. The van der Waals surface area contributed by atoms with Crippen LogP contribution in [-0.4, -0.2) is 24.9 Å². The molecular formula is C17H16N2O5. The predicted octanol–water partition coefficient (Wildman–Crippen LogP) is 3.42. The van der Waals surface area contributed by atoms with E-state index in [-0.39, 0.29) is 11.5 Å². The molecule has 7 heteroatoms. The minimum Gasteiger partial charge on any atom is -0.493 e. The number of methoxy groups -OCH3 is 2. The maximum absolute atomic E-state index is 12.1. The van der Waals surface area contributed by atoms with Gasteiger partial charge in [0.2, 0.25) is 0 Å². The molecular weight excluding hydrogens is 312 g/mol. The van der Waals surface area contributed by atoms with E-state index in [0.29, 0.717) is 22.7 Å². The number of allylic oxidation sites excluding steroid dienone is 1. The first-order chi connectivity index (χ1) is 11.5. The molecule has 0 aromatic heterocycles. The summed E-state index contributed by atoms with van der Waals surface area (Å²) >= 11 is 0. The molecule has 0 fully saturated rings. The minimum atomic E-state index is -0.482. The average Bonchev–Trinajstić information content (AvgIpc) is 2.61. The van der Waals surface area contributed by atoms with Gasteiger partial charge in [-0.1, -0.05) is 6.07 Å². The molecule has 2 rings (SSSR count). The standard InChI is InChI=1S/C17H16N2O5/c1-23-16-7-6-12(10-17(16)24-2)15(20)8-9-18-13-4-3-5-14(11-13)19(21)22/h3-11,18H,1-2H3/b9-8-. The van der Waals surface area contributed by atoms with Crippen molar-refractivity contribution in [1.82, 2.24) is 0 Å². The van der Waals surface area contributed by atoms with Crippen LogP contribution in [-0.2, 0) is 0 Å². The lowest BCUT2D eigenvalue weighted by Crippen LogP contribution is -1.99. The van der Waals surface area contributed by atoms with E-state index in [1.165, 1.54) is 38.6 Å². The summed E-state index contributed by atoms with van der Waals surface area (Å²) in [5.41, 5.74) is 0.921. The van der Waals surface area contributed by atoms with Gasteiger partial charge in [0.05, 0.1) is 19.1 Å². The van der Waals surface area contributed by atoms with Crippen molar-refractivity contribution in [1.29, 1.82) is 0 Å². The van der Waals surface area contributed by atoms with Crippen LogP contribution < -0.4 is 14.8 Å². The van der Waals surface area contributed by atoms with Crippen molar-refractivity contribution >= 4 is 17.2 Å². The van der Waals surface area contributed by atoms with Gasteiger partial charge in [0.25, 0.3) is 5.69 Å². The zero-order valence-electron chi connectivity index (χ0n) is 13.2. The molecule has 24 heavy (non-hydrogen) atoms. The van der Waals surface area contributed by atoms with E-state index in [1.54, 1.807) is 30.3 Å². The molecule has 2 aromatic rings. The second-order valence-electron chi connectivity index (χ2n) is 4.72. The Labute approximate surface area is 138 Å². The van der Waals surface area contributed by atoms with Gasteiger partial charge in [-0.2, -0.15) is 0 Å². The Hall–Kier alpha value is -3.35. The fourth-order valence-corrected chi connectivity index (χ4v) is 2.01. The van der Waals surface area contributed by atoms with Gasteiger partial charge in [0, 0.05) is 35.7 Å². The number of non-ortho nitro benzene ring substituents is 1. The van der Waals surface area contributed by atoms with Gasteiger partial charge in [-0.3, -0.25) is 14.9 Å². The Kier molecular flexibility index (Phi) is 5.51. The zero-order valence-corrected chi connectivity index (χ0v) is 13.2.